The molecule has 0 aromatic heterocycles. The Kier molecular flexibility index (Phi) is 4.93. The standard InChI is InChI=1S/C11H15ClO2S/c1-7-6-8(12)2-3-9(7)11(14)10(13)4-5-15/h2-3,6,10-11,13-15H,4-5H2,1H3. The van der Waals surface area contributed by atoms with Gasteiger partial charge in [-0.05, 0) is 42.4 Å². The Morgan fingerprint density at radius 3 is 2.60 bits per heavy atom. The maximum absolute atomic E-state index is 9.86. The van der Waals surface area contributed by atoms with Crippen LogP contribution < -0.4 is 0 Å². The van der Waals surface area contributed by atoms with Crippen LogP contribution in [0, 0.1) is 6.92 Å². The number of rotatable bonds is 4. The van der Waals surface area contributed by atoms with Crippen LogP contribution in [0.2, 0.25) is 5.02 Å². The molecule has 0 fully saturated rings. The average molecular weight is 247 g/mol. The zero-order valence-electron chi connectivity index (χ0n) is 8.52. The average Bonchev–Trinajstić information content (AvgIpc) is 2.17. The molecular weight excluding hydrogens is 232 g/mol. The van der Waals surface area contributed by atoms with Gasteiger partial charge >= 0.3 is 0 Å². The van der Waals surface area contributed by atoms with Crippen molar-refractivity contribution in [3.8, 4) is 0 Å². The van der Waals surface area contributed by atoms with Crippen molar-refractivity contribution in [3.05, 3.63) is 34.3 Å². The highest BCUT2D eigenvalue weighted by atomic mass is 35.5. The van der Waals surface area contributed by atoms with E-state index in [0.29, 0.717) is 22.8 Å². The van der Waals surface area contributed by atoms with E-state index in [1.165, 1.54) is 0 Å². The molecule has 1 aromatic carbocycles. The molecule has 1 aromatic rings. The zero-order chi connectivity index (χ0) is 11.4. The highest BCUT2D eigenvalue weighted by Gasteiger charge is 2.19. The summed E-state index contributed by atoms with van der Waals surface area (Å²) in [5.41, 5.74) is 1.60. The molecule has 0 heterocycles. The van der Waals surface area contributed by atoms with E-state index < -0.39 is 12.2 Å². The second kappa shape index (κ2) is 5.75. The Morgan fingerprint density at radius 1 is 1.40 bits per heavy atom. The third kappa shape index (κ3) is 3.38. The Balaban J connectivity index is 2.86. The first-order chi connectivity index (χ1) is 7.06. The molecule has 0 radical (unpaired) electrons. The Morgan fingerprint density at radius 2 is 2.07 bits per heavy atom. The summed E-state index contributed by atoms with van der Waals surface area (Å²) in [7, 11) is 0. The molecule has 2 nitrogen and oxygen atoms in total. The predicted octanol–water partition coefficient (Wildman–Crippen LogP) is 2.36. The molecule has 0 saturated heterocycles. The van der Waals surface area contributed by atoms with Gasteiger partial charge in [0, 0.05) is 5.02 Å². The van der Waals surface area contributed by atoms with E-state index in [4.69, 9.17) is 11.6 Å². The van der Waals surface area contributed by atoms with Crippen LogP contribution in [0.15, 0.2) is 18.2 Å². The van der Waals surface area contributed by atoms with Crippen LogP contribution in [-0.4, -0.2) is 22.1 Å². The second-order valence-corrected chi connectivity index (χ2v) is 4.41. The van der Waals surface area contributed by atoms with Crippen molar-refractivity contribution in [3.63, 3.8) is 0 Å². The van der Waals surface area contributed by atoms with E-state index in [0.717, 1.165) is 5.56 Å². The van der Waals surface area contributed by atoms with E-state index in [1.54, 1.807) is 18.2 Å². The Hall–Kier alpha value is -0.220. The van der Waals surface area contributed by atoms with Gasteiger partial charge in [0.1, 0.15) is 6.10 Å². The fourth-order valence-electron chi connectivity index (χ4n) is 1.47. The highest BCUT2D eigenvalue weighted by Crippen LogP contribution is 2.24. The summed E-state index contributed by atoms with van der Waals surface area (Å²) in [6, 6.07) is 5.22. The summed E-state index contributed by atoms with van der Waals surface area (Å²) in [5.74, 6) is 0.546. The minimum atomic E-state index is -0.866. The lowest BCUT2D eigenvalue weighted by molar-refractivity contribution is 0.0169. The fourth-order valence-corrected chi connectivity index (χ4v) is 1.96. The van der Waals surface area contributed by atoms with E-state index in [2.05, 4.69) is 12.6 Å². The Labute approximate surface area is 100 Å². The topological polar surface area (TPSA) is 40.5 Å². The summed E-state index contributed by atoms with van der Waals surface area (Å²) in [6.45, 7) is 1.86. The van der Waals surface area contributed by atoms with Crippen molar-refractivity contribution >= 4 is 24.2 Å². The lowest BCUT2D eigenvalue weighted by Crippen LogP contribution is -2.19. The van der Waals surface area contributed by atoms with Crippen LogP contribution in [0.1, 0.15) is 23.7 Å². The third-order valence-corrected chi connectivity index (χ3v) is 2.83. The highest BCUT2D eigenvalue weighted by molar-refractivity contribution is 7.80. The summed E-state index contributed by atoms with van der Waals surface area (Å²) >= 11 is 9.82. The molecule has 0 amide bonds. The number of hydrogen-bond acceptors (Lipinski definition) is 3. The van der Waals surface area contributed by atoms with Gasteiger partial charge in [-0.25, -0.2) is 0 Å². The molecule has 4 heteroatoms. The van der Waals surface area contributed by atoms with Gasteiger partial charge in [-0.15, -0.1) is 0 Å². The van der Waals surface area contributed by atoms with Crippen molar-refractivity contribution < 1.29 is 10.2 Å². The largest absolute Gasteiger partial charge is 0.390 e. The molecule has 0 aliphatic heterocycles. The zero-order valence-corrected chi connectivity index (χ0v) is 10.2. The van der Waals surface area contributed by atoms with Gasteiger partial charge in [-0.1, -0.05) is 17.7 Å². The van der Waals surface area contributed by atoms with Gasteiger partial charge in [0.2, 0.25) is 0 Å². The number of aliphatic hydroxyl groups excluding tert-OH is 2. The van der Waals surface area contributed by atoms with Gasteiger partial charge in [0.25, 0.3) is 0 Å². The molecule has 1 rings (SSSR count). The first kappa shape index (κ1) is 12.8. The first-order valence-electron chi connectivity index (χ1n) is 4.79. The maximum atomic E-state index is 9.86. The predicted molar refractivity (Wildman–Crippen MR) is 65.6 cm³/mol. The summed E-state index contributed by atoms with van der Waals surface area (Å²) in [4.78, 5) is 0. The van der Waals surface area contributed by atoms with Crippen LogP contribution in [0.3, 0.4) is 0 Å². The molecule has 0 aliphatic carbocycles. The maximum Gasteiger partial charge on any atom is 0.105 e. The molecular formula is C11H15ClO2S. The van der Waals surface area contributed by atoms with Gasteiger partial charge in [0.15, 0.2) is 0 Å². The van der Waals surface area contributed by atoms with Crippen LogP contribution >= 0.6 is 24.2 Å². The Bertz CT molecular complexity index is 330. The van der Waals surface area contributed by atoms with Crippen molar-refractivity contribution in [2.24, 2.45) is 0 Å². The molecule has 2 unspecified atom stereocenters. The number of aliphatic hydroxyl groups is 2. The molecule has 2 N–H and O–H groups in total. The smallest absolute Gasteiger partial charge is 0.105 e. The van der Waals surface area contributed by atoms with E-state index in [9.17, 15) is 10.2 Å². The fraction of sp³-hybridized carbons (Fsp3) is 0.455. The minimum absolute atomic E-state index is 0.465. The monoisotopic (exact) mass is 246 g/mol. The van der Waals surface area contributed by atoms with Crippen molar-refractivity contribution in [1.29, 1.82) is 0 Å². The summed E-state index contributed by atoms with van der Waals surface area (Å²) < 4.78 is 0. The van der Waals surface area contributed by atoms with Crippen molar-refractivity contribution in [1.82, 2.24) is 0 Å². The molecule has 84 valence electrons. The van der Waals surface area contributed by atoms with Gasteiger partial charge in [0.05, 0.1) is 6.10 Å². The van der Waals surface area contributed by atoms with Crippen molar-refractivity contribution in [2.75, 3.05) is 5.75 Å². The van der Waals surface area contributed by atoms with Gasteiger partial charge in [-0.2, -0.15) is 12.6 Å². The molecule has 2 atom stereocenters. The van der Waals surface area contributed by atoms with E-state index in [1.807, 2.05) is 6.92 Å². The molecule has 15 heavy (non-hydrogen) atoms. The molecule has 0 aliphatic rings. The number of thiol groups is 1. The first-order valence-corrected chi connectivity index (χ1v) is 5.80. The third-order valence-electron chi connectivity index (χ3n) is 2.34. The second-order valence-electron chi connectivity index (χ2n) is 3.53. The summed E-state index contributed by atoms with van der Waals surface area (Å²) in [6.07, 6.45) is -1.18. The van der Waals surface area contributed by atoms with Crippen molar-refractivity contribution in [2.45, 2.75) is 25.6 Å². The van der Waals surface area contributed by atoms with Gasteiger partial charge in [-0.3, -0.25) is 0 Å². The van der Waals surface area contributed by atoms with Crippen LogP contribution in [-0.2, 0) is 0 Å². The number of benzene rings is 1. The van der Waals surface area contributed by atoms with E-state index >= 15 is 0 Å². The minimum Gasteiger partial charge on any atom is -0.390 e. The number of aryl methyl sites for hydroxylation is 1. The van der Waals surface area contributed by atoms with E-state index in [-0.39, 0.29) is 0 Å². The van der Waals surface area contributed by atoms with Gasteiger partial charge < -0.3 is 10.2 Å². The number of halogens is 1. The molecule has 0 bridgehead atoms. The lowest BCUT2D eigenvalue weighted by Gasteiger charge is -2.19. The summed E-state index contributed by atoms with van der Waals surface area (Å²) in [5, 5.41) is 20.1. The molecule has 0 saturated carbocycles. The van der Waals surface area contributed by atoms with Crippen LogP contribution in [0.25, 0.3) is 0 Å². The SMILES string of the molecule is Cc1cc(Cl)ccc1C(O)C(O)CCS. The quantitative estimate of drug-likeness (QED) is 0.714. The van der Waals surface area contributed by atoms with Crippen LogP contribution in [0.4, 0.5) is 0 Å². The van der Waals surface area contributed by atoms with Crippen LogP contribution in [0.5, 0.6) is 0 Å². The molecule has 0 spiro atoms. The number of hydrogen-bond donors (Lipinski definition) is 3. The lowest BCUT2D eigenvalue weighted by atomic mass is 9.98. The normalized spacial score (nSPS) is 15.0.